The maximum absolute atomic E-state index is 12.6. The number of amides is 2. The zero-order valence-corrected chi connectivity index (χ0v) is 12.2. The van der Waals surface area contributed by atoms with Gasteiger partial charge in [-0.15, -0.1) is 0 Å². The molecule has 0 unspecified atom stereocenters. The fourth-order valence-electron chi connectivity index (χ4n) is 2.63. The van der Waals surface area contributed by atoms with E-state index in [0.29, 0.717) is 12.8 Å². The molecule has 0 spiro atoms. The molecule has 1 aliphatic rings. The van der Waals surface area contributed by atoms with Crippen LogP contribution in [0.25, 0.3) is 0 Å². The van der Waals surface area contributed by atoms with Gasteiger partial charge in [0.05, 0.1) is 11.5 Å². The highest BCUT2D eigenvalue weighted by Crippen LogP contribution is 2.31. The van der Waals surface area contributed by atoms with Crippen LogP contribution in [0.5, 0.6) is 5.75 Å². The first kappa shape index (κ1) is 17.1. The predicted molar refractivity (Wildman–Crippen MR) is 75.4 cm³/mol. The van der Waals surface area contributed by atoms with Gasteiger partial charge in [0.1, 0.15) is 5.75 Å². The summed E-state index contributed by atoms with van der Waals surface area (Å²) in [7, 11) is 0. The van der Waals surface area contributed by atoms with Gasteiger partial charge in [-0.3, -0.25) is 9.59 Å². The molecule has 8 heteroatoms. The minimum absolute atomic E-state index is 0.0483. The molecule has 126 valence electrons. The number of hydrogen-bond donors (Lipinski definition) is 2. The number of ether oxygens (including phenoxy) is 1. The summed E-state index contributed by atoms with van der Waals surface area (Å²) >= 11 is 0. The molecule has 1 fully saturated rings. The van der Waals surface area contributed by atoms with Crippen molar-refractivity contribution in [2.75, 3.05) is 6.61 Å². The summed E-state index contributed by atoms with van der Waals surface area (Å²) in [6.45, 7) is -0.427. The van der Waals surface area contributed by atoms with Crippen molar-refractivity contribution in [1.29, 1.82) is 0 Å². The van der Waals surface area contributed by atoms with Gasteiger partial charge in [0, 0.05) is 6.04 Å². The number of rotatable bonds is 5. The lowest BCUT2D eigenvalue weighted by atomic mass is 10.0. The molecule has 2 rings (SSSR count). The third-order valence-electron chi connectivity index (χ3n) is 3.76. The van der Waals surface area contributed by atoms with Crippen molar-refractivity contribution < 1.29 is 27.5 Å². The maximum atomic E-state index is 12.6. The first-order valence-electron chi connectivity index (χ1n) is 7.16. The smallest absolute Gasteiger partial charge is 0.416 e. The molecule has 1 saturated carbocycles. The number of carbonyl (C=O) groups excluding carboxylic acids is 2. The van der Waals surface area contributed by atoms with E-state index in [1.165, 1.54) is 12.1 Å². The molecule has 0 bridgehead atoms. The quantitative estimate of drug-likeness (QED) is 0.864. The van der Waals surface area contributed by atoms with Crippen LogP contribution < -0.4 is 15.8 Å². The van der Waals surface area contributed by atoms with Crippen molar-refractivity contribution >= 4 is 11.8 Å². The highest BCUT2D eigenvalue weighted by molar-refractivity contribution is 5.81. The number of benzene rings is 1. The summed E-state index contributed by atoms with van der Waals surface area (Å²) in [4.78, 5) is 23.0. The van der Waals surface area contributed by atoms with Crippen LogP contribution in [0.2, 0.25) is 0 Å². The molecule has 23 heavy (non-hydrogen) atoms. The molecule has 2 amide bonds. The van der Waals surface area contributed by atoms with Crippen LogP contribution in [-0.2, 0) is 15.8 Å². The lowest BCUT2D eigenvalue weighted by Gasteiger charge is -2.18. The van der Waals surface area contributed by atoms with E-state index in [2.05, 4.69) is 5.32 Å². The Labute approximate surface area is 131 Å². The predicted octanol–water partition coefficient (Wildman–Crippen LogP) is 1.85. The lowest BCUT2D eigenvalue weighted by molar-refractivity contribution is -0.137. The summed E-state index contributed by atoms with van der Waals surface area (Å²) in [5, 5.41) is 2.64. The van der Waals surface area contributed by atoms with Crippen molar-refractivity contribution in [3.8, 4) is 5.75 Å². The van der Waals surface area contributed by atoms with E-state index in [4.69, 9.17) is 10.5 Å². The molecule has 0 heterocycles. The normalized spacial score (nSPS) is 21.0. The molecule has 1 aliphatic carbocycles. The second-order valence-electron chi connectivity index (χ2n) is 5.43. The van der Waals surface area contributed by atoms with Crippen LogP contribution in [0.15, 0.2) is 24.3 Å². The van der Waals surface area contributed by atoms with Gasteiger partial charge in [0.25, 0.3) is 5.91 Å². The first-order chi connectivity index (χ1) is 10.8. The van der Waals surface area contributed by atoms with Crippen LogP contribution in [-0.4, -0.2) is 24.5 Å². The van der Waals surface area contributed by atoms with E-state index >= 15 is 0 Å². The summed E-state index contributed by atoms with van der Waals surface area (Å²) < 4.78 is 42.8. The van der Waals surface area contributed by atoms with Crippen LogP contribution in [0, 0.1) is 5.92 Å². The zero-order chi connectivity index (χ0) is 17.0. The molecule has 0 aliphatic heterocycles. The molecular formula is C15H17F3N2O3. The monoisotopic (exact) mass is 330 g/mol. The van der Waals surface area contributed by atoms with Gasteiger partial charge in [0.15, 0.2) is 6.61 Å². The Morgan fingerprint density at radius 3 is 2.70 bits per heavy atom. The van der Waals surface area contributed by atoms with E-state index in [9.17, 15) is 22.8 Å². The van der Waals surface area contributed by atoms with Gasteiger partial charge in [-0.2, -0.15) is 13.2 Å². The van der Waals surface area contributed by atoms with Crippen LogP contribution in [0.4, 0.5) is 13.2 Å². The topological polar surface area (TPSA) is 81.4 Å². The van der Waals surface area contributed by atoms with Gasteiger partial charge in [0.2, 0.25) is 5.91 Å². The Kier molecular flexibility index (Phi) is 5.12. The van der Waals surface area contributed by atoms with Gasteiger partial charge in [-0.25, -0.2) is 0 Å². The number of hydrogen-bond acceptors (Lipinski definition) is 3. The largest absolute Gasteiger partial charge is 0.484 e. The van der Waals surface area contributed by atoms with E-state index in [1.807, 2.05) is 0 Å². The summed E-state index contributed by atoms with van der Waals surface area (Å²) in [5.74, 6) is -1.42. The molecule has 2 atom stereocenters. The molecule has 3 N–H and O–H groups in total. The van der Waals surface area contributed by atoms with Crippen molar-refractivity contribution in [3.63, 3.8) is 0 Å². The standard InChI is InChI=1S/C15H17F3N2O3/c16-15(17,18)9-3-1-4-10(7-9)23-8-13(21)20-12-6-2-5-11(12)14(19)22/h1,3-4,7,11-12H,2,5-6,8H2,(H2,19,22)(H,20,21)/t11-,12-/m0/s1. The number of primary amides is 1. The van der Waals surface area contributed by atoms with Crippen molar-refractivity contribution in [2.45, 2.75) is 31.5 Å². The lowest BCUT2D eigenvalue weighted by Crippen LogP contribution is -2.44. The molecule has 1 aromatic rings. The number of nitrogens with one attached hydrogen (secondary N) is 1. The highest BCUT2D eigenvalue weighted by Gasteiger charge is 2.33. The van der Waals surface area contributed by atoms with Gasteiger partial charge >= 0.3 is 6.18 Å². The first-order valence-corrected chi connectivity index (χ1v) is 7.16. The molecule has 0 radical (unpaired) electrons. The number of nitrogens with two attached hydrogens (primary N) is 1. The molecule has 1 aromatic carbocycles. The maximum Gasteiger partial charge on any atom is 0.416 e. The van der Waals surface area contributed by atoms with Crippen molar-refractivity contribution in [2.24, 2.45) is 11.7 Å². The molecule has 0 aromatic heterocycles. The fourth-order valence-corrected chi connectivity index (χ4v) is 2.63. The molecule has 5 nitrogen and oxygen atoms in total. The fraction of sp³-hybridized carbons (Fsp3) is 0.467. The highest BCUT2D eigenvalue weighted by atomic mass is 19.4. The minimum atomic E-state index is -4.47. The van der Waals surface area contributed by atoms with Crippen molar-refractivity contribution in [1.82, 2.24) is 5.32 Å². The van der Waals surface area contributed by atoms with Crippen molar-refractivity contribution in [3.05, 3.63) is 29.8 Å². The Morgan fingerprint density at radius 2 is 2.04 bits per heavy atom. The Hall–Kier alpha value is -2.25. The summed E-state index contributed by atoms with van der Waals surface area (Å²) in [6, 6.07) is 3.95. The van der Waals surface area contributed by atoms with Crippen LogP contribution in [0.3, 0.4) is 0 Å². The second-order valence-corrected chi connectivity index (χ2v) is 5.43. The number of carbonyl (C=O) groups is 2. The minimum Gasteiger partial charge on any atom is -0.484 e. The summed E-state index contributed by atoms with van der Waals surface area (Å²) in [5.41, 5.74) is 4.41. The average molecular weight is 330 g/mol. The Balaban J connectivity index is 1.88. The average Bonchev–Trinajstić information content (AvgIpc) is 2.93. The third-order valence-corrected chi connectivity index (χ3v) is 3.76. The van der Waals surface area contributed by atoms with Gasteiger partial charge in [-0.1, -0.05) is 12.5 Å². The Bertz CT molecular complexity index is 590. The zero-order valence-electron chi connectivity index (χ0n) is 12.2. The number of halogens is 3. The van der Waals surface area contributed by atoms with E-state index < -0.39 is 36.1 Å². The van der Waals surface area contributed by atoms with Crippen LogP contribution >= 0.6 is 0 Å². The molecular weight excluding hydrogens is 313 g/mol. The van der Waals surface area contributed by atoms with Crippen LogP contribution in [0.1, 0.15) is 24.8 Å². The van der Waals surface area contributed by atoms with Gasteiger partial charge in [-0.05, 0) is 31.0 Å². The Morgan fingerprint density at radius 1 is 1.30 bits per heavy atom. The molecule has 0 saturated heterocycles. The van der Waals surface area contributed by atoms with E-state index in [1.54, 1.807) is 0 Å². The summed E-state index contributed by atoms with van der Waals surface area (Å²) in [6.07, 6.45) is -2.43. The van der Waals surface area contributed by atoms with E-state index in [-0.39, 0.29) is 11.8 Å². The number of alkyl halides is 3. The van der Waals surface area contributed by atoms with E-state index in [0.717, 1.165) is 18.6 Å². The second kappa shape index (κ2) is 6.89. The SMILES string of the molecule is NC(=O)[C@H]1CCC[C@@H]1NC(=O)COc1cccc(C(F)(F)F)c1. The third kappa shape index (κ3) is 4.61. The van der Waals surface area contributed by atoms with Gasteiger partial charge < -0.3 is 15.8 Å².